The van der Waals surface area contributed by atoms with Crippen molar-refractivity contribution < 1.29 is 4.79 Å². The molecule has 1 aliphatic rings. The zero-order valence-corrected chi connectivity index (χ0v) is 18.8. The van der Waals surface area contributed by atoms with Crippen LogP contribution in [0.3, 0.4) is 0 Å². The number of piperidine rings is 1. The van der Waals surface area contributed by atoms with Crippen molar-refractivity contribution in [2.45, 2.75) is 58.5 Å². The van der Waals surface area contributed by atoms with Crippen LogP contribution in [0.5, 0.6) is 0 Å². The van der Waals surface area contributed by atoms with Crippen molar-refractivity contribution in [3.8, 4) is 0 Å². The molecule has 1 amide bonds. The maximum atomic E-state index is 12.9. The fourth-order valence-electron chi connectivity index (χ4n) is 3.97. The van der Waals surface area contributed by atoms with Gasteiger partial charge in [-0.15, -0.1) is 0 Å². The third kappa shape index (κ3) is 5.83. The minimum Gasteiger partial charge on any atom is -0.349 e. The Bertz CT molecular complexity index is 825. The minimum absolute atomic E-state index is 0.00969. The summed E-state index contributed by atoms with van der Waals surface area (Å²) in [7, 11) is 0. The van der Waals surface area contributed by atoms with Gasteiger partial charge in [-0.3, -0.25) is 9.69 Å². The largest absolute Gasteiger partial charge is 0.349 e. The molecule has 1 aliphatic heterocycles. The van der Waals surface area contributed by atoms with E-state index in [0.717, 1.165) is 48.6 Å². The molecule has 0 unspecified atom stereocenters. The summed E-state index contributed by atoms with van der Waals surface area (Å²) in [4.78, 5) is 15.3. The van der Waals surface area contributed by atoms with Crippen molar-refractivity contribution in [3.63, 3.8) is 0 Å². The van der Waals surface area contributed by atoms with Gasteiger partial charge in [0, 0.05) is 18.1 Å². The van der Waals surface area contributed by atoms with Crippen LogP contribution in [0.15, 0.2) is 48.5 Å². The lowest BCUT2D eigenvalue weighted by molar-refractivity contribution is -0.127. The van der Waals surface area contributed by atoms with E-state index in [2.05, 4.69) is 68.2 Å². The first-order valence-corrected chi connectivity index (χ1v) is 11.0. The molecule has 2 atom stereocenters. The van der Waals surface area contributed by atoms with E-state index < -0.39 is 0 Å². The number of benzene rings is 2. The van der Waals surface area contributed by atoms with Crippen LogP contribution in [-0.4, -0.2) is 23.9 Å². The molecule has 3 nitrogen and oxygen atoms in total. The third-order valence-electron chi connectivity index (χ3n) is 5.86. The van der Waals surface area contributed by atoms with Gasteiger partial charge in [0.05, 0.1) is 12.0 Å². The molecule has 0 radical (unpaired) electrons. The summed E-state index contributed by atoms with van der Waals surface area (Å²) in [5.41, 5.74) is 3.72. The third-order valence-corrected chi connectivity index (χ3v) is 6.23. The number of amides is 1. The summed E-state index contributed by atoms with van der Waals surface area (Å²) in [6.45, 7) is 11.3. The van der Waals surface area contributed by atoms with Crippen LogP contribution in [0.1, 0.15) is 63.3 Å². The normalized spacial score (nSPS) is 19.0. The maximum absolute atomic E-state index is 12.9. The van der Waals surface area contributed by atoms with E-state index in [-0.39, 0.29) is 23.3 Å². The van der Waals surface area contributed by atoms with Gasteiger partial charge in [-0.1, -0.05) is 74.8 Å². The Labute approximate surface area is 180 Å². The molecule has 0 aromatic heterocycles. The highest BCUT2D eigenvalue weighted by molar-refractivity contribution is 6.31. The Kier molecular flexibility index (Phi) is 7.02. The highest BCUT2D eigenvalue weighted by Gasteiger charge is 2.27. The molecule has 1 heterocycles. The molecule has 0 spiro atoms. The van der Waals surface area contributed by atoms with Gasteiger partial charge < -0.3 is 5.32 Å². The van der Waals surface area contributed by atoms with Crippen LogP contribution >= 0.6 is 11.6 Å². The predicted octanol–water partition coefficient (Wildman–Crippen LogP) is 5.73. The fraction of sp³-hybridized carbons (Fsp3) is 0.480. The Morgan fingerprint density at radius 3 is 2.52 bits per heavy atom. The van der Waals surface area contributed by atoms with Crippen LogP contribution in [0.2, 0.25) is 5.02 Å². The zero-order valence-electron chi connectivity index (χ0n) is 18.0. The van der Waals surface area contributed by atoms with Crippen LogP contribution in [0.25, 0.3) is 0 Å². The maximum Gasteiger partial charge on any atom is 0.224 e. The van der Waals surface area contributed by atoms with Gasteiger partial charge in [-0.05, 0) is 54.5 Å². The average molecular weight is 413 g/mol. The second-order valence-electron chi connectivity index (χ2n) is 9.27. The molecular formula is C25H33ClN2O. The first-order valence-electron chi connectivity index (χ1n) is 10.6. The van der Waals surface area contributed by atoms with Crippen LogP contribution in [-0.2, 0) is 16.8 Å². The standard InChI is InChI=1S/C25H33ClN2O/c1-18(19-11-13-22(14-12-19)25(2,3)4)27-24(29)21-9-7-15-28(17-21)16-20-8-5-6-10-23(20)26/h5-6,8,10-14,18,21H,7,9,15-17H2,1-4H3,(H,27,29)/t18-,21-/m0/s1. The quantitative estimate of drug-likeness (QED) is 0.680. The fourth-order valence-corrected chi connectivity index (χ4v) is 4.16. The number of halogens is 1. The summed E-state index contributed by atoms with van der Waals surface area (Å²) in [5, 5.41) is 4.03. The Hall–Kier alpha value is -1.84. The van der Waals surface area contributed by atoms with Crippen LogP contribution in [0, 0.1) is 5.92 Å². The number of nitrogens with zero attached hydrogens (tertiary/aromatic N) is 1. The molecule has 4 heteroatoms. The van der Waals surface area contributed by atoms with Crippen molar-refractivity contribution in [2.24, 2.45) is 5.92 Å². The molecule has 3 rings (SSSR count). The topological polar surface area (TPSA) is 32.3 Å². The lowest BCUT2D eigenvalue weighted by Gasteiger charge is -2.33. The van der Waals surface area contributed by atoms with Crippen molar-refractivity contribution in [2.75, 3.05) is 13.1 Å². The van der Waals surface area contributed by atoms with Crippen molar-refractivity contribution in [1.29, 1.82) is 0 Å². The molecule has 1 saturated heterocycles. The number of rotatable bonds is 5. The van der Waals surface area contributed by atoms with Gasteiger partial charge in [0.1, 0.15) is 0 Å². The van der Waals surface area contributed by atoms with E-state index in [1.807, 2.05) is 18.2 Å². The molecule has 2 aromatic carbocycles. The molecule has 0 saturated carbocycles. The van der Waals surface area contributed by atoms with Crippen LogP contribution < -0.4 is 5.32 Å². The molecule has 2 aromatic rings. The van der Waals surface area contributed by atoms with Gasteiger partial charge in [-0.2, -0.15) is 0 Å². The number of hydrogen-bond acceptors (Lipinski definition) is 2. The molecule has 1 N–H and O–H groups in total. The summed E-state index contributed by atoms with van der Waals surface area (Å²) in [6.07, 6.45) is 1.98. The minimum atomic E-state index is 0.00969. The Morgan fingerprint density at radius 2 is 1.86 bits per heavy atom. The molecule has 0 aliphatic carbocycles. The molecule has 1 fully saturated rings. The van der Waals surface area contributed by atoms with E-state index in [1.165, 1.54) is 5.56 Å². The summed E-state index contributed by atoms with van der Waals surface area (Å²) >= 11 is 6.31. The molecule has 0 bridgehead atoms. The number of nitrogens with one attached hydrogen (secondary N) is 1. The molecule has 29 heavy (non-hydrogen) atoms. The monoisotopic (exact) mass is 412 g/mol. The van der Waals surface area contributed by atoms with E-state index in [0.29, 0.717) is 0 Å². The van der Waals surface area contributed by atoms with Crippen LogP contribution in [0.4, 0.5) is 0 Å². The zero-order chi connectivity index (χ0) is 21.0. The average Bonchev–Trinajstić information content (AvgIpc) is 2.69. The SMILES string of the molecule is C[C@H](NC(=O)[C@H]1CCCN(Cc2ccccc2Cl)C1)c1ccc(C(C)(C)C)cc1. The van der Waals surface area contributed by atoms with Crippen molar-refractivity contribution >= 4 is 17.5 Å². The Morgan fingerprint density at radius 1 is 1.17 bits per heavy atom. The predicted molar refractivity (Wildman–Crippen MR) is 121 cm³/mol. The smallest absolute Gasteiger partial charge is 0.224 e. The van der Waals surface area contributed by atoms with Gasteiger partial charge in [0.15, 0.2) is 0 Å². The lowest BCUT2D eigenvalue weighted by Crippen LogP contribution is -2.43. The van der Waals surface area contributed by atoms with Crippen molar-refractivity contribution in [3.05, 3.63) is 70.2 Å². The first kappa shape index (κ1) is 21.9. The lowest BCUT2D eigenvalue weighted by atomic mass is 9.86. The molecule has 156 valence electrons. The van der Waals surface area contributed by atoms with Gasteiger partial charge in [-0.25, -0.2) is 0 Å². The van der Waals surface area contributed by atoms with E-state index in [4.69, 9.17) is 11.6 Å². The second kappa shape index (κ2) is 9.32. The highest BCUT2D eigenvalue weighted by atomic mass is 35.5. The number of carbonyl (C=O) groups is 1. The number of likely N-dealkylation sites (tertiary alicyclic amines) is 1. The first-order chi connectivity index (χ1) is 13.7. The van der Waals surface area contributed by atoms with E-state index in [1.54, 1.807) is 0 Å². The summed E-state index contributed by atoms with van der Waals surface area (Å²) < 4.78 is 0. The second-order valence-corrected chi connectivity index (χ2v) is 9.68. The highest BCUT2D eigenvalue weighted by Crippen LogP contribution is 2.25. The van der Waals surface area contributed by atoms with Gasteiger partial charge in [0.25, 0.3) is 0 Å². The van der Waals surface area contributed by atoms with E-state index >= 15 is 0 Å². The number of carbonyl (C=O) groups excluding carboxylic acids is 1. The number of hydrogen-bond donors (Lipinski definition) is 1. The van der Waals surface area contributed by atoms with Gasteiger partial charge in [0.2, 0.25) is 5.91 Å². The molecular weight excluding hydrogens is 380 g/mol. The summed E-state index contributed by atoms with van der Waals surface area (Å²) in [5.74, 6) is 0.184. The summed E-state index contributed by atoms with van der Waals surface area (Å²) in [6, 6.07) is 16.6. The van der Waals surface area contributed by atoms with E-state index in [9.17, 15) is 4.79 Å². The Balaban J connectivity index is 1.57. The van der Waals surface area contributed by atoms with Gasteiger partial charge >= 0.3 is 0 Å². The van der Waals surface area contributed by atoms with Crippen molar-refractivity contribution in [1.82, 2.24) is 10.2 Å².